The minimum Gasteiger partial charge on any atom is -0.496 e. The van der Waals surface area contributed by atoms with Crippen molar-refractivity contribution in [2.45, 2.75) is 25.4 Å². The fourth-order valence-electron chi connectivity index (χ4n) is 4.40. The SMILES string of the molecule is COc1ccccc1CN1CCC(N(C(=O)c2ccco2)c2ccc(OC)c(OC)c2)CC1. The van der Waals surface area contributed by atoms with Gasteiger partial charge in [0, 0.05) is 43.0 Å². The van der Waals surface area contributed by atoms with E-state index in [1.807, 2.05) is 41.3 Å². The van der Waals surface area contributed by atoms with Gasteiger partial charge < -0.3 is 23.5 Å². The Balaban J connectivity index is 1.54. The van der Waals surface area contributed by atoms with Gasteiger partial charge in [-0.05, 0) is 43.2 Å². The molecule has 1 amide bonds. The van der Waals surface area contributed by atoms with Crippen LogP contribution >= 0.6 is 0 Å². The molecule has 0 spiro atoms. The molecule has 33 heavy (non-hydrogen) atoms. The van der Waals surface area contributed by atoms with Gasteiger partial charge in [-0.3, -0.25) is 9.69 Å². The van der Waals surface area contributed by atoms with Gasteiger partial charge in [-0.25, -0.2) is 0 Å². The Hall–Kier alpha value is -3.45. The average molecular weight is 451 g/mol. The number of anilines is 1. The summed E-state index contributed by atoms with van der Waals surface area (Å²) in [6.45, 7) is 2.56. The van der Waals surface area contributed by atoms with Crippen LogP contribution in [0.5, 0.6) is 17.2 Å². The fourth-order valence-corrected chi connectivity index (χ4v) is 4.40. The van der Waals surface area contributed by atoms with E-state index in [1.54, 1.807) is 33.5 Å². The van der Waals surface area contributed by atoms with Crippen molar-refractivity contribution in [3.8, 4) is 17.2 Å². The lowest BCUT2D eigenvalue weighted by molar-refractivity contribution is 0.0931. The summed E-state index contributed by atoms with van der Waals surface area (Å²) in [6, 6.07) is 17.1. The molecule has 0 N–H and O–H groups in total. The highest BCUT2D eigenvalue weighted by molar-refractivity contribution is 6.04. The van der Waals surface area contributed by atoms with Crippen molar-refractivity contribution in [3.63, 3.8) is 0 Å². The van der Waals surface area contributed by atoms with Crippen molar-refractivity contribution in [1.82, 2.24) is 4.90 Å². The number of methoxy groups -OCH3 is 3. The molecular weight excluding hydrogens is 420 g/mol. The summed E-state index contributed by atoms with van der Waals surface area (Å²) in [5.41, 5.74) is 1.93. The van der Waals surface area contributed by atoms with Gasteiger partial charge in [0.25, 0.3) is 5.91 Å². The number of carbonyl (C=O) groups excluding carboxylic acids is 1. The Morgan fingerprint density at radius 2 is 1.67 bits per heavy atom. The molecule has 1 aromatic heterocycles. The Morgan fingerprint density at radius 1 is 0.939 bits per heavy atom. The summed E-state index contributed by atoms with van der Waals surface area (Å²) >= 11 is 0. The van der Waals surface area contributed by atoms with Gasteiger partial charge in [0.05, 0.1) is 27.6 Å². The number of rotatable bonds is 8. The molecule has 4 rings (SSSR count). The van der Waals surface area contributed by atoms with Crippen LogP contribution in [0.4, 0.5) is 5.69 Å². The molecule has 1 fully saturated rings. The molecule has 1 aliphatic heterocycles. The number of likely N-dealkylation sites (tertiary alicyclic amines) is 1. The van der Waals surface area contributed by atoms with Crippen LogP contribution in [0.1, 0.15) is 29.0 Å². The average Bonchev–Trinajstić information content (AvgIpc) is 3.40. The van der Waals surface area contributed by atoms with Crippen molar-refractivity contribution in [1.29, 1.82) is 0 Å². The number of benzene rings is 2. The van der Waals surface area contributed by atoms with Crippen LogP contribution in [-0.4, -0.2) is 51.3 Å². The Kier molecular flexibility index (Phi) is 7.19. The quantitative estimate of drug-likeness (QED) is 0.499. The maximum absolute atomic E-state index is 13.4. The van der Waals surface area contributed by atoms with E-state index in [0.29, 0.717) is 17.3 Å². The molecule has 0 bridgehead atoms. The number of amides is 1. The molecule has 174 valence electrons. The van der Waals surface area contributed by atoms with Crippen LogP contribution in [0.3, 0.4) is 0 Å². The van der Waals surface area contributed by atoms with Gasteiger partial charge in [-0.2, -0.15) is 0 Å². The molecule has 1 saturated heterocycles. The second-order valence-corrected chi connectivity index (χ2v) is 8.01. The zero-order valence-electron chi connectivity index (χ0n) is 19.3. The Labute approximate surface area is 194 Å². The number of furan rings is 1. The van der Waals surface area contributed by atoms with E-state index in [1.165, 1.54) is 11.8 Å². The van der Waals surface area contributed by atoms with Gasteiger partial charge in [0.1, 0.15) is 5.75 Å². The largest absolute Gasteiger partial charge is 0.496 e. The topological polar surface area (TPSA) is 64.4 Å². The molecule has 7 heteroatoms. The summed E-state index contributed by atoms with van der Waals surface area (Å²) in [4.78, 5) is 17.7. The first-order valence-electron chi connectivity index (χ1n) is 11.1. The zero-order chi connectivity index (χ0) is 23.2. The van der Waals surface area contributed by atoms with Gasteiger partial charge in [-0.15, -0.1) is 0 Å². The molecule has 0 saturated carbocycles. The lowest BCUT2D eigenvalue weighted by Crippen LogP contribution is -2.47. The second-order valence-electron chi connectivity index (χ2n) is 8.01. The first-order chi connectivity index (χ1) is 16.1. The van der Waals surface area contributed by atoms with Gasteiger partial charge in [-0.1, -0.05) is 18.2 Å². The van der Waals surface area contributed by atoms with E-state index in [0.717, 1.165) is 43.9 Å². The molecule has 2 aromatic carbocycles. The van der Waals surface area contributed by atoms with Gasteiger partial charge in [0.15, 0.2) is 17.3 Å². The lowest BCUT2D eigenvalue weighted by atomic mass is 10.0. The maximum Gasteiger partial charge on any atom is 0.294 e. The predicted octanol–water partition coefficient (Wildman–Crippen LogP) is 4.62. The Morgan fingerprint density at radius 3 is 2.33 bits per heavy atom. The van der Waals surface area contributed by atoms with E-state index in [-0.39, 0.29) is 11.9 Å². The number of para-hydroxylation sites is 1. The number of nitrogens with zero attached hydrogens (tertiary/aromatic N) is 2. The summed E-state index contributed by atoms with van der Waals surface area (Å²) in [5, 5.41) is 0. The third-order valence-corrected chi connectivity index (χ3v) is 6.10. The summed E-state index contributed by atoms with van der Waals surface area (Å²) in [5.74, 6) is 2.27. The minimum atomic E-state index is -0.157. The van der Waals surface area contributed by atoms with Crippen LogP contribution in [0.2, 0.25) is 0 Å². The van der Waals surface area contributed by atoms with Crippen molar-refractivity contribution < 1.29 is 23.4 Å². The second kappa shape index (κ2) is 10.4. The predicted molar refractivity (Wildman–Crippen MR) is 126 cm³/mol. The number of hydrogen-bond donors (Lipinski definition) is 0. The van der Waals surface area contributed by atoms with Crippen LogP contribution in [-0.2, 0) is 6.54 Å². The third kappa shape index (κ3) is 4.98. The van der Waals surface area contributed by atoms with Crippen molar-refractivity contribution >= 4 is 11.6 Å². The van der Waals surface area contributed by atoms with E-state index < -0.39 is 0 Å². The van der Waals surface area contributed by atoms with Crippen LogP contribution in [0.15, 0.2) is 65.3 Å². The van der Waals surface area contributed by atoms with Crippen LogP contribution in [0.25, 0.3) is 0 Å². The number of carbonyl (C=O) groups is 1. The number of ether oxygens (including phenoxy) is 3. The van der Waals surface area contributed by atoms with E-state index >= 15 is 0 Å². The summed E-state index contributed by atoms with van der Waals surface area (Å²) in [7, 11) is 4.89. The minimum absolute atomic E-state index is 0.0367. The fraction of sp³-hybridized carbons (Fsp3) is 0.346. The van der Waals surface area contributed by atoms with Gasteiger partial charge in [0.2, 0.25) is 0 Å². The highest BCUT2D eigenvalue weighted by Gasteiger charge is 2.32. The Bertz CT molecular complexity index is 1060. The number of piperidine rings is 1. The lowest BCUT2D eigenvalue weighted by Gasteiger charge is -2.38. The first-order valence-corrected chi connectivity index (χ1v) is 11.1. The highest BCUT2D eigenvalue weighted by atomic mass is 16.5. The third-order valence-electron chi connectivity index (χ3n) is 6.10. The molecule has 7 nitrogen and oxygen atoms in total. The summed E-state index contributed by atoms with van der Waals surface area (Å²) < 4.78 is 21.8. The number of hydrogen-bond acceptors (Lipinski definition) is 6. The molecule has 0 unspecified atom stereocenters. The molecular formula is C26H30N2O5. The van der Waals surface area contributed by atoms with Crippen molar-refractivity contribution in [2.24, 2.45) is 0 Å². The smallest absolute Gasteiger partial charge is 0.294 e. The molecule has 2 heterocycles. The van der Waals surface area contributed by atoms with E-state index in [9.17, 15) is 4.79 Å². The van der Waals surface area contributed by atoms with Crippen LogP contribution < -0.4 is 19.1 Å². The van der Waals surface area contributed by atoms with Gasteiger partial charge >= 0.3 is 0 Å². The summed E-state index contributed by atoms with van der Waals surface area (Å²) in [6.07, 6.45) is 3.21. The standard InChI is InChI=1S/C26H30N2O5/c1-30-22-8-5-4-7-19(22)18-27-14-12-20(13-15-27)28(26(29)24-9-6-16-33-24)21-10-11-23(31-2)25(17-21)32-3/h4-11,16-17,20H,12-15,18H2,1-3H3. The van der Waals surface area contributed by atoms with Crippen LogP contribution in [0, 0.1) is 0 Å². The van der Waals surface area contributed by atoms with E-state index in [2.05, 4.69) is 11.0 Å². The first kappa shape index (κ1) is 22.7. The molecule has 3 aromatic rings. The van der Waals surface area contributed by atoms with Crippen molar-refractivity contribution in [2.75, 3.05) is 39.3 Å². The molecule has 1 aliphatic rings. The molecule has 0 atom stereocenters. The highest BCUT2D eigenvalue weighted by Crippen LogP contribution is 2.35. The van der Waals surface area contributed by atoms with E-state index in [4.69, 9.17) is 18.6 Å². The van der Waals surface area contributed by atoms with Crippen molar-refractivity contribution in [3.05, 3.63) is 72.2 Å². The maximum atomic E-state index is 13.4. The molecule has 0 radical (unpaired) electrons. The normalized spacial score (nSPS) is 14.6. The molecule has 0 aliphatic carbocycles. The monoisotopic (exact) mass is 450 g/mol. The zero-order valence-corrected chi connectivity index (χ0v) is 19.3.